The second-order valence-corrected chi connectivity index (χ2v) is 10.2. The molecular weight excluding hydrogens is 372 g/mol. The van der Waals surface area contributed by atoms with Gasteiger partial charge in [0.2, 0.25) is 10.0 Å². The Morgan fingerprint density at radius 1 is 0.929 bits per heavy atom. The molecule has 0 aromatic heterocycles. The van der Waals surface area contributed by atoms with E-state index in [0.717, 1.165) is 51.4 Å². The first-order valence-corrected chi connectivity index (χ1v) is 12.3. The van der Waals surface area contributed by atoms with Gasteiger partial charge in [0.05, 0.1) is 4.90 Å². The molecule has 0 spiro atoms. The zero-order chi connectivity index (χ0) is 20.0. The number of benzene rings is 1. The number of amides is 1. The van der Waals surface area contributed by atoms with Gasteiger partial charge in [-0.1, -0.05) is 51.0 Å². The van der Waals surface area contributed by atoms with Crippen LogP contribution in [0, 0.1) is 6.92 Å². The largest absolute Gasteiger partial charge is 0.349 e. The molecule has 1 aromatic carbocycles. The molecular formula is C22H34N2O3S. The number of nitrogens with one attached hydrogen (secondary N) is 1. The summed E-state index contributed by atoms with van der Waals surface area (Å²) in [5.74, 6) is -0.155. The normalized spacial score (nSPS) is 20.8. The summed E-state index contributed by atoms with van der Waals surface area (Å²) in [5, 5.41) is 3.14. The summed E-state index contributed by atoms with van der Waals surface area (Å²) in [6.07, 6.45) is 12.0. The van der Waals surface area contributed by atoms with E-state index >= 15 is 0 Å². The molecule has 1 aliphatic carbocycles. The molecule has 0 unspecified atom stereocenters. The Balaban J connectivity index is 1.77. The number of nitrogens with zero attached hydrogens (tertiary/aromatic N) is 1. The van der Waals surface area contributed by atoms with Gasteiger partial charge in [0.1, 0.15) is 0 Å². The first-order chi connectivity index (χ1) is 13.5. The summed E-state index contributed by atoms with van der Waals surface area (Å²) >= 11 is 0. The molecule has 28 heavy (non-hydrogen) atoms. The number of carbonyl (C=O) groups excluding carboxylic acids is 1. The number of hydrogen-bond acceptors (Lipinski definition) is 3. The summed E-state index contributed by atoms with van der Waals surface area (Å²) in [7, 11) is -3.56. The molecule has 1 aromatic rings. The second kappa shape index (κ2) is 9.88. The Kier molecular flexibility index (Phi) is 7.52. The van der Waals surface area contributed by atoms with E-state index in [1.807, 2.05) is 0 Å². The maximum absolute atomic E-state index is 13.2. The van der Waals surface area contributed by atoms with Crippen molar-refractivity contribution in [2.45, 2.75) is 88.5 Å². The highest BCUT2D eigenvalue weighted by Gasteiger charge is 2.27. The highest BCUT2D eigenvalue weighted by Crippen LogP contribution is 2.24. The second-order valence-electron chi connectivity index (χ2n) is 8.31. The number of rotatable bonds is 4. The number of aryl methyl sites for hydroxylation is 1. The predicted octanol–water partition coefficient (Wildman–Crippen LogP) is 4.40. The lowest BCUT2D eigenvalue weighted by Crippen LogP contribution is -2.36. The summed E-state index contributed by atoms with van der Waals surface area (Å²) in [6, 6.07) is 5.28. The van der Waals surface area contributed by atoms with Crippen molar-refractivity contribution in [3.8, 4) is 0 Å². The first-order valence-electron chi connectivity index (χ1n) is 10.9. The molecule has 0 radical (unpaired) electrons. The lowest BCUT2D eigenvalue weighted by atomic mass is 9.96. The van der Waals surface area contributed by atoms with E-state index in [1.165, 1.54) is 19.3 Å². The molecule has 5 nitrogen and oxygen atoms in total. The van der Waals surface area contributed by atoms with Gasteiger partial charge in [0.25, 0.3) is 5.91 Å². The minimum Gasteiger partial charge on any atom is -0.349 e. The van der Waals surface area contributed by atoms with Gasteiger partial charge in [-0.15, -0.1) is 0 Å². The third-order valence-corrected chi connectivity index (χ3v) is 8.11. The van der Waals surface area contributed by atoms with Crippen LogP contribution in [0.2, 0.25) is 0 Å². The lowest BCUT2D eigenvalue weighted by Gasteiger charge is -2.23. The quantitative estimate of drug-likeness (QED) is 0.806. The predicted molar refractivity (Wildman–Crippen MR) is 112 cm³/mol. The molecule has 6 heteroatoms. The topological polar surface area (TPSA) is 66.5 Å². The molecule has 1 amide bonds. The molecule has 1 N–H and O–H groups in total. The van der Waals surface area contributed by atoms with E-state index in [4.69, 9.17) is 0 Å². The summed E-state index contributed by atoms with van der Waals surface area (Å²) in [6.45, 7) is 2.95. The molecule has 0 atom stereocenters. The molecule has 3 rings (SSSR count). The van der Waals surface area contributed by atoms with Gasteiger partial charge >= 0.3 is 0 Å². The van der Waals surface area contributed by atoms with E-state index in [2.05, 4.69) is 5.32 Å². The third kappa shape index (κ3) is 5.35. The van der Waals surface area contributed by atoms with Crippen LogP contribution >= 0.6 is 0 Å². The number of hydrogen-bond donors (Lipinski definition) is 1. The average Bonchev–Trinajstić information content (AvgIpc) is 2.94. The maximum Gasteiger partial charge on any atom is 0.251 e. The lowest BCUT2D eigenvalue weighted by molar-refractivity contribution is 0.0930. The zero-order valence-corrected chi connectivity index (χ0v) is 17.9. The average molecular weight is 407 g/mol. The van der Waals surface area contributed by atoms with E-state index < -0.39 is 10.0 Å². The van der Waals surface area contributed by atoms with Crippen LogP contribution in [0.1, 0.15) is 86.6 Å². The van der Waals surface area contributed by atoms with Crippen LogP contribution in [0.15, 0.2) is 23.1 Å². The molecule has 1 saturated heterocycles. The van der Waals surface area contributed by atoms with Crippen LogP contribution in [-0.2, 0) is 10.0 Å². The highest BCUT2D eigenvalue weighted by molar-refractivity contribution is 7.89. The molecule has 1 heterocycles. The van der Waals surface area contributed by atoms with Gasteiger partial charge in [-0.3, -0.25) is 4.79 Å². The van der Waals surface area contributed by atoms with Crippen LogP contribution < -0.4 is 5.32 Å². The van der Waals surface area contributed by atoms with Gasteiger partial charge in [-0.05, 0) is 50.3 Å². The fraction of sp³-hybridized carbons (Fsp3) is 0.682. The van der Waals surface area contributed by atoms with Crippen molar-refractivity contribution in [2.24, 2.45) is 0 Å². The Labute approximate surface area is 169 Å². The van der Waals surface area contributed by atoms with Crippen LogP contribution in [0.5, 0.6) is 0 Å². The minimum atomic E-state index is -3.56. The SMILES string of the molecule is Cc1ccc(C(=O)NC2CCCCCCC2)cc1S(=O)(=O)N1CCCCCC1. The van der Waals surface area contributed by atoms with E-state index in [1.54, 1.807) is 29.4 Å². The monoisotopic (exact) mass is 406 g/mol. The van der Waals surface area contributed by atoms with Crippen molar-refractivity contribution >= 4 is 15.9 Å². The maximum atomic E-state index is 13.2. The van der Waals surface area contributed by atoms with Gasteiger partial charge in [0, 0.05) is 24.7 Å². The smallest absolute Gasteiger partial charge is 0.251 e. The molecule has 2 fully saturated rings. The fourth-order valence-electron chi connectivity index (χ4n) is 4.31. The van der Waals surface area contributed by atoms with Gasteiger partial charge in [-0.25, -0.2) is 8.42 Å². The Hall–Kier alpha value is -1.40. The summed E-state index contributed by atoms with van der Waals surface area (Å²) in [4.78, 5) is 13.1. The van der Waals surface area contributed by atoms with Crippen molar-refractivity contribution in [1.82, 2.24) is 9.62 Å². The summed E-state index contributed by atoms with van der Waals surface area (Å²) in [5.41, 5.74) is 1.15. The Bertz CT molecular complexity index is 760. The van der Waals surface area contributed by atoms with E-state index in [0.29, 0.717) is 24.2 Å². The fourth-order valence-corrected chi connectivity index (χ4v) is 6.08. The highest BCUT2D eigenvalue weighted by atomic mass is 32.2. The molecule has 156 valence electrons. The van der Waals surface area contributed by atoms with Crippen LogP contribution in [0.3, 0.4) is 0 Å². The van der Waals surface area contributed by atoms with Crippen LogP contribution in [0.4, 0.5) is 0 Å². The van der Waals surface area contributed by atoms with E-state index in [-0.39, 0.29) is 16.8 Å². The number of carbonyl (C=O) groups is 1. The van der Waals surface area contributed by atoms with Crippen molar-refractivity contribution in [1.29, 1.82) is 0 Å². The molecule has 2 aliphatic rings. The standard InChI is InChI=1S/C22H34N2O3S/c1-18-13-14-19(22(25)23-20-11-7-3-2-4-8-12-20)17-21(18)28(26,27)24-15-9-5-6-10-16-24/h13-14,17,20H,2-12,15-16H2,1H3,(H,23,25). The van der Waals surface area contributed by atoms with Crippen molar-refractivity contribution < 1.29 is 13.2 Å². The molecule has 1 saturated carbocycles. The minimum absolute atomic E-state index is 0.155. The Morgan fingerprint density at radius 3 is 2.14 bits per heavy atom. The number of sulfonamides is 1. The van der Waals surface area contributed by atoms with Gasteiger partial charge in [-0.2, -0.15) is 4.31 Å². The third-order valence-electron chi connectivity index (χ3n) is 6.07. The van der Waals surface area contributed by atoms with Gasteiger partial charge < -0.3 is 5.32 Å². The van der Waals surface area contributed by atoms with Crippen LogP contribution in [-0.4, -0.2) is 37.8 Å². The van der Waals surface area contributed by atoms with Crippen molar-refractivity contribution in [3.63, 3.8) is 0 Å². The molecule has 0 bridgehead atoms. The van der Waals surface area contributed by atoms with Crippen molar-refractivity contribution in [2.75, 3.05) is 13.1 Å². The van der Waals surface area contributed by atoms with Crippen LogP contribution in [0.25, 0.3) is 0 Å². The van der Waals surface area contributed by atoms with Gasteiger partial charge in [0.15, 0.2) is 0 Å². The van der Waals surface area contributed by atoms with E-state index in [9.17, 15) is 13.2 Å². The zero-order valence-electron chi connectivity index (χ0n) is 17.1. The van der Waals surface area contributed by atoms with Crippen molar-refractivity contribution in [3.05, 3.63) is 29.3 Å². The Morgan fingerprint density at radius 2 is 1.50 bits per heavy atom. The molecule has 1 aliphatic heterocycles. The summed E-state index contributed by atoms with van der Waals surface area (Å²) < 4.78 is 28.0. The first kappa shape index (κ1) is 21.3.